The molecule has 0 aliphatic carbocycles. The lowest BCUT2D eigenvalue weighted by Gasteiger charge is -2.12. The maximum Gasteiger partial charge on any atom is 0.251 e. The highest BCUT2D eigenvalue weighted by atomic mass is 32.1. The van der Waals surface area contributed by atoms with Crippen molar-refractivity contribution in [1.29, 1.82) is 0 Å². The Labute approximate surface area is 123 Å². The van der Waals surface area contributed by atoms with E-state index in [1.54, 1.807) is 29.7 Å². The van der Waals surface area contributed by atoms with Crippen LogP contribution in [0.1, 0.15) is 40.0 Å². The third-order valence-electron chi connectivity index (χ3n) is 2.92. The molecule has 1 unspecified atom stereocenters. The topological polar surface area (TPSA) is 54.0 Å². The fourth-order valence-electron chi connectivity index (χ4n) is 1.89. The van der Waals surface area contributed by atoms with Crippen LogP contribution in [0.3, 0.4) is 0 Å². The molecular formula is C15H19N3OS. The largest absolute Gasteiger partial charge is 0.370 e. The highest BCUT2D eigenvalue weighted by Gasteiger charge is 2.13. The van der Waals surface area contributed by atoms with Gasteiger partial charge in [0.2, 0.25) is 0 Å². The first kappa shape index (κ1) is 14.5. The van der Waals surface area contributed by atoms with Gasteiger partial charge in [-0.05, 0) is 45.0 Å². The second-order valence-corrected chi connectivity index (χ2v) is 5.92. The molecule has 0 radical (unpaired) electrons. The van der Waals surface area contributed by atoms with E-state index < -0.39 is 0 Å². The van der Waals surface area contributed by atoms with Gasteiger partial charge in [-0.25, -0.2) is 4.98 Å². The van der Waals surface area contributed by atoms with Crippen LogP contribution in [0.25, 0.3) is 0 Å². The Morgan fingerprint density at radius 1 is 1.40 bits per heavy atom. The maximum absolute atomic E-state index is 12.2. The summed E-state index contributed by atoms with van der Waals surface area (Å²) in [5.74, 6) is 0.643. The van der Waals surface area contributed by atoms with E-state index in [0.29, 0.717) is 5.56 Å². The lowest BCUT2D eigenvalue weighted by molar-refractivity contribution is 0.0940. The average Bonchev–Trinajstić information content (AvgIpc) is 2.86. The number of aromatic nitrogens is 1. The van der Waals surface area contributed by atoms with Crippen molar-refractivity contribution >= 4 is 23.1 Å². The van der Waals surface area contributed by atoms with Gasteiger partial charge in [0.05, 0.1) is 6.04 Å². The summed E-state index contributed by atoms with van der Waals surface area (Å²) in [7, 11) is 0. The molecule has 106 valence electrons. The van der Waals surface area contributed by atoms with Crippen LogP contribution in [0.2, 0.25) is 0 Å². The standard InChI is InChI=1S/C15H19N3OS/c1-4-16-14-9-12(7-8-17-14)15(19)18-11(3)13-6-5-10(2)20-13/h5-9,11H,4H2,1-3H3,(H,16,17)(H,18,19). The van der Waals surface area contributed by atoms with Gasteiger partial charge in [0, 0.05) is 28.1 Å². The van der Waals surface area contributed by atoms with Crippen LogP contribution in [-0.4, -0.2) is 17.4 Å². The first-order valence-electron chi connectivity index (χ1n) is 6.67. The fraction of sp³-hybridized carbons (Fsp3) is 0.333. The number of pyridine rings is 1. The Hall–Kier alpha value is -1.88. The van der Waals surface area contributed by atoms with E-state index in [-0.39, 0.29) is 11.9 Å². The van der Waals surface area contributed by atoms with Crippen LogP contribution >= 0.6 is 11.3 Å². The summed E-state index contributed by atoms with van der Waals surface area (Å²) < 4.78 is 0. The second kappa shape index (κ2) is 6.52. The SMILES string of the molecule is CCNc1cc(C(=O)NC(C)c2ccc(C)s2)ccn1. The monoisotopic (exact) mass is 289 g/mol. The molecule has 1 atom stereocenters. The third-order valence-corrected chi connectivity index (χ3v) is 4.10. The molecule has 2 aromatic heterocycles. The van der Waals surface area contributed by atoms with Gasteiger partial charge in [0.15, 0.2) is 0 Å². The van der Waals surface area contributed by atoms with E-state index in [9.17, 15) is 4.79 Å². The number of aryl methyl sites for hydroxylation is 1. The predicted molar refractivity (Wildman–Crippen MR) is 83.3 cm³/mol. The molecule has 0 bridgehead atoms. The van der Waals surface area contributed by atoms with Crippen molar-refractivity contribution in [2.45, 2.75) is 26.8 Å². The number of nitrogens with one attached hydrogen (secondary N) is 2. The van der Waals surface area contributed by atoms with Crippen molar-refractivity contribution in [3.63, 3.8) is 0 Å². The highest BCUT2D eigenvalue weighted by molar-refractivity contribution is 7.12. The van der Waals surface area contributed by atoms with Gasteiger partial charge in [-0.15, -0.1) is 11.3 Å². The molecule has 0 saturated carbocycles. The molecule has 20 heavy (non-hydrogen) atoms. The maximum atomic E-state index is 12.2. The predicted octanol–water partition coefficient (Wildman–Crippen LogP) is 3.37. The minimum atomic E-state index is -0.0786. The van der Waals surface area contributed by atoms with E-state index in [2.05, 4.69) is 34.7 Å². The Balaban J connectivity index is 2.06. The lowest BCUT2D eigenvalue weighted by Crippen LogP contribution is -2.26. The molecule has 0 aliphatic rings. The summed E-state index contributed by atoms with van der Waals surface area (Å²) in [6.07, 6.45) is 1.65. The summed E-state index contributed by atoms with van der Waals surface area (Å²) in [5.41, 5.74) is 0.621. The smallest absolute Gasteiger partial charge is 0.251 e. The third kappa shape index (κ3) is 3.57. The van der Waals surface area contributed by atoms with Gasteiger partial charge in [-0.2, -0.15) is 0 Å². The van der Waals surface area contributed by atoms with Crippen molar-refractivity contribution < 1.29 is 4.79 Å². The summed E-state index contributed by atoms with van der Waals surface area (Å²) in [6, 6.07) is 7.63. The normalized spacial score (nSPS) is 11.9. The van der Waals surface area contributed by atoms with Crippen LogP contribution in [-0.2, 0) is 0 Å². The number of nitrogens with zero attached hydrogens (tertiary/aromatic N) is 1. The molecule has 4 nitrogen and oxygen atoms in total. The molecular weight excluding hydrogens is 270 g/mol. The zero-order chi connectivity index (χ0) is 14.5. The highest BCUT2D eigenvalue weighted by Crippen LogP contribution is 2.22. The minimum Gasteiger partial charge on any atom is -0.370 e. The first-order chi connectivity index (χ1) is 9.60. The van der Waals surface area contributed by atoms with Crippen LogP contribution in [0.5, 0.6) is 0 Å². The van der Waals surface area contributed by atoms with Crippen LogP contribution in [0, 0.1) is 6.92 Å². The fourth-order valence-corrected chi connectivity index (χ4v) is 2.77. The Kier molecular flexibility index (Phi) is 4.74. The molecule has 2 heterocycles. The van der Waals surface area contributed by atoms with Gasteiger partial charge in [-0.3, -0.25) is 4.79 Å². The van der Waals surface area contributed by atoms with Crippen molar-refractivity contribution in [3.05, 3.63) is 45.8 Å². The molecule has 0 aromatic carbocycles. The van der Waals surface area contributed by atoms with Crippen LogP contribution in [0.4, 0.5) is 5.82 Å². The van der Waals surface area contributed by atoms with Gasteiger partial charge in [0.25, 0.3) is 5.91 Å². The van der Waals surface area contributed by atoms with Crippen molar-refractivity contribution in [2.24, 2.45) is 0 Å². The van der Waals surface area contributed by atoms with E-state index in [4.69, 9.17) is 0 Å². The molecule has 5 heteroatoms. The Morgan fingerprint density at radius 3 is 2.85 bits per heavy atom. The van der Waals surface area contributed by atoms with Crippen LogP contribution in [0.15, 0.2) is 30.5 Å². The molecule has 1 amide bonds. The van der Waals surface area contributed by atoms with Crippen molar-refractivity contribution in [3.8, 4) is 0 Å². The van der Waals surface area contributed by atoms with Gasteiger partial charge < -0.3 is 10.6 Å². The number of carbonyl (C=O) groups excluding carboxylic acids is 1. The van der Waals surface area contributed by atoms with E-state index in [1.165, 1.54) is 4.88 Å². The zero-order valence-corrected chi connectivity index (χ0v) is 12.8. The lowest BCUT2D eigenvalue weighted by atomic mass is 10.2. The van der Waals surface area contributed by atoms with Gasteiger partial charge >= 0.3 is 0 Å². The molecule has 0 saturated heterocycles. The Morgan fingerprint density at radius 2 is 2.20 bits per heavy atom. The molecule has 2 rings (SSSR count). The number of hydrogen-bond donors (Lipinski definition) is 2. The van der Waals surface area contributed by atoms with E-state index in [1.807, 2.05) is 13.8 Å². The van der Waals surface area contributed by atoms with Crippen LogP contribution < -0.4 is 10.6 Å². The minimum absolute atomic E-state index is 0.0111. The molecule has 2 N–H and O–H groups in total. The second-order valence-electron chi connectivity index (χ2n) is 4.60. The average molecular weight is 289 g/mol. The zero-order valence-electron chi connectivity index (χ0n) is 11.9. The molecule has 2 aromatic rings. The molecule has 0 fully saturated rings. The number of carbonyl (C=O) groups is 1. The molecule has 0 aliphatic heterocycles. The van der Waals surface area contributed by atoms with Gasteiger partial charge in [0.1, 0.15) is 5.82 Å². The summed E-state index contributed by atoms with van der Waals surface area (Å²) in [5, 5.41) is 6.11. The van der Waals surface area contributed by atoms with Gasteiger partial charge in [-0.1, -0.05) is 0 Å². The van der Waals surface area contributed by atoms with E-state index in [0.717, 1.165) is 17.2 Å². The summed E-state index contributed by atoms with van der Waals surface area (Å²) >= 11 is 1.70. The van der Waals surface area contributed by atoms with Crippen molar-refractivity contribution in [1.82, 2.24) is 10.3 Å². The number of amides is 1. The Bertz CT molecular complexity index is 594. The first-order valence-corrected chi connectivity index (χ1v) is 7.49. The molecule has 0 spiro atoms. The number of hydrogen-bond acceptors (Lipinski definition) is 4. The van der Waals surface area contributed by atoms with Crippen molar-refractivity contribution in [2.75, 3.05) is 11.9 Å². The number of thiophene rings is 1. The summed E-state index contributed by atoms with van der Waals surface area (Å²) in [4.78, 5) is 18.8. The number of rotatable bonds is 5. The van der Waals surface area contributed by atoms with E-state index >= 15 is 0 Å². The number of anilines is 1. The summed E-state index contributed by atoms with van der Waals surface area (Å²) in [6.45, 7) is 6.84. The quantitative estimate of drug-likeness (QED) is 0.887.